The molecule has 0 saturated heterocycles. The number of hydrogen-bond acceptors (Lipinski definition) is 3. The number of aliphatic hydroxyl groups is 1. The molecule has 1 aromatic rings. The first-order valence-corrected chi connectivity index (χ1v) is 8.04. The van der Waals surface area contributed by atoms with E-state index in [2.05, 4.69) is 4.72 Å². The van der Waals surface area contributed by atoms with E-state index >= 15 is 0 Å². The molecule has 5 heteroatoms. The lowest BCUT2D eigenvalue weighted by Gasteiger charge is -2.22. The van der Waals surface area contributed by atoms with Crippen LogP contribution in [0.2, 0.25) is 0 Å². The maximum atomic E-state index is 12.2. The van der Waals surface area contributed by atoms with E-state index in [1.807, 2.05) is 25.1 Å². The van der Waals surface area contributed by atoms with Crippen LogP contribution in [0.4, 0.5) is 5.69 Å². The minimum atomic E-state index is -3.44. The van der Waals surface area contributed by atoms with Gasteiger partial charge in [-0.25, -0.2) is 8.42 Å². The Morgan fingerprint density at radius 3 is 2.45 bits per heavy atom. The van der Waals surface area contributed by atoms with Crippen molar-refractivity contribution in [3.05, 3.63) is 41.5 Å². The molecule has 0 radical (unpaired) electrons. The topological polar surface area (TPSA) is 66.4 Å². The van der Waals surface area contributed by atoms with Gasteiger partial charge in [-0.05, 0) is 51.3 Å². The van der Waals surface area contributed by atoms with Crippen LogP contribution in [-0.2, 0) is 16.4 Å². The Kier molecular flexibility index (Phi) is 5.36. The highest BCUT2D eigenvalue weighted by atomic mass is 32.2. The smallest absolute Gasteiger partial charge is 0.237 e. The summed E-state index contributed by atoms with van der Waals surface area (Å²) in [5.41, 5.74) is 2.54. The van der Waals surface area contributed by atoms with Gasteiger partial charge < -0.3 is 5.11 Å². The lowest BCUT2D eigenvalue weighted by atomic mass is 10.0. The van der Waals surface area contributed by atoms with Gasteiger partial charge in [0.25, 0.3) is 0 Å². The lowest BCUT2D eigenvalue weighted by molar-refractivity contribution is 0.342. The van der Waals surface area contributed by atoms with Crippen molar-refractivity contribution in [3.8, 4) is 0 Å². The summed E-state index contributed by atoms with van der Waals surface area (Å²) in [5, 5.41) is 8.78. The zero-order valence-corrected chi connectivity index (χ0v) is 13.3. The fourth-order valence-electron chi connectivity index (χ4n) is 1.64. The predicted molar refractivity (Wildman–Crippen MR) is 83.4 cm³/mol. The molecule has 0 aliphatic carbocycles. The summed E-state index contributed by atoms with van der Waals surface area (Å²) in [6.45, 7) is 6.91. The number of nitrogens with one attached hydrogen (secondary N) is 1. The molecule has 0 unspecified atom stereocenters. The first kappa shape index (κ1) is 16.7. The Morgan fingerprint density at radius 2 is 1.90 bits per heavy atom. The van der Waals surface area contributed by atoms with Crippen LogP contribution in [0.3, 0.4) is 0 Å². The van der Waals surface area contributed by atoms with Gasteiger partial charge in [-0.3, -0.25) is 4.72 Å². The minimum Gasteiger partial charge on any atom is -0.392 e. The molecule has 2 N–H and O–H groups in total. The standard InChI is InChI=1S/C15H23NO3S/c1-12-8-7-10-14(13(12)9-5-6-11-17)16-20(18,19)15(2,3)4/h5-8,10,16-17H,9,11H2,1-4H3/b6-5+. The summed E-state index contributed by atoms with van der Waals surface area (Å²) in [5.74, 6) is 0. The normalized spacial score (nSPS) is 12.8. The zero-order chi connectivity index (χ0) is 15.4. The van der Waals surface area contributed by atoms with E-state index in [1.165, 1.54) is 0 Å². The van der Waals surface area contributed by atoms with Crippen LogP contribution in [0.1, 0.15) is 31.9 Å². The van der Waals surface area contributed by atoms with Crippen molar-refractivity contribution in [3.63, 3.8) is 0 Å². The highest BCUT2D eigenvalue weighted by Crippen LogP contribution is 2.25. The van der Waals surface area contributed by atoms with Gasteiger partial charge in [0.1, 0.15) is 0 Å². The molecule has 0 spiro atoms. The first-order valence-electron chi connectivity index (χ1n) is 6.56. The zero-order valence-electron chi connectivity index (χ0n) is 12.5. The van der Waals surface area contributed by atoms with Gasteiger partial charge in [0, 0.05) is 0 Å². The Labute approximate surface area is 121 Å². The molecule has 0 amide bonds. The van der Waals surface area contributed by atoms with Gasteiger partial charge in [0.2, 0.25) is 10.0 Å². The molecule has 0 heterocycles. The molecule has 0 aromatic heterocycles. The Morgan fingerprint density at radius 1 is 1.25 bits per heavy atom. The summed E-state index contributed by atoms with van der Waals surface area (Å²) in [7, 11) is -3.44. The average molecular weight is 297 g/mol. The molecule has 112 valence electrons. The van der Waals surface area contributed by atoms with Crippen molar-refractivity contribution >= 4 is 15.7 Å². The highest BCUT2D eigenvalue weighted by Gasteiger charge is 2.29. The second-order valence-corrected chi connectivity index (χ2v) is 8.11. The monoisotopic (exact) mass is 297 g/mol. The van der Waals surface area contributed by atoms with Gasteiger partial charge in [0.05, 0.1) is 17.0 Å². The van der Waals surface area contributed by atoms with Gasteiger partial charge in [-0.2, -0.15) is 0 Å². The maximum Gasteiger partial charge on any atom is 0.237 e. The van der Waals surface area contributed by atoms with Gasteiger partial charge in [-0.15, -0.1) is 0 Å². The number of rotatable bonds is 5. The van der Waals surface area contributed by atoms with Gasteiger partial charge in [0.15, 0.2) is 0 Å². The molecule has 4 nitrogen and oxygen atoms in total. The fraction of sp³-hybridized carbons (Fsp3) is 0.467. The second kappa shape index (κ2) is 6.41. The van der Waals surface area contributed by atoms with E-state index in [-0.39, 0.29) is 6.61 Å². The second-order valence-electron chi connectivity index (χ2n) is 5.68. The third kappa shape index (κ3) is 4.08. The average Bonchev–Trinajstić information content (AvgIpc) is 2.31. The molecule has 1 aromatic carbocycles. The molecule has 20 heavy (non-hydrogen) atoms. The number of allylic oxidation sites excluding steroid dienone is 1. The highest BCUT2D eigenvalue weighted by molar-refractivity contribution is 7.94. The molecule has 0 bridgehead atoms. The van der Waals surface area contributed by atoms with Crippen molar-refractivity contribution in [2.24, 2.45) is 0 Å². The van der Waals surface area contributed by atoms with Crippen molar-refractivity contribution in [1.29, 1.82) is 0 Å². The number of hydrogen-bond donors (Lipinski definition) is 2. The molecular weight excluding hydrogens is 274 g/mol. The third-order valence-corrected chi connectivity index (χ3v) is 5.16. The van der Waals surface area contributed by atoms with Gasteiger partial charge in [-0.1, -0.05) is 24.3 Å². The minimum absolute atomic E-state index is 0.0189. The Balaban J connectivity index is 3.13. The van der Waals surface area contributed by atoms with Crippen LogP contribution in [0.5, 0.6) is 0 Å². The van der Waals surface area contributed by atoms with E-state index in [9.17, 15) is 8.42 Å². The summed E-state index contributed by atoms with van der Waals surface area (Å²) in [4.78, 5) is 0. The van der Waals surface area contributed by atoms with Crippen molar-refractivity contribution in [2.45, 2.75) is 38.9 Å². The molecule has 0 aliphatic heterocycles. The number of aryl methyl sites for hydroxylation is 1. The molecule has 0 aliphatic rings. The number of anilines is 1. The maximum absolute atomic E-state index is 12.2. The van der Waals surface area contributed by atoms with E-state index in [0.717, 1.165) is 11.1 Å². The Hall–Kier alpha value is -1.33. The van der Waals surface area contributed by atoms with Crippen LogP contribution >= 0.6 is 0 Å². The van der Waals surface area contributed by atoms with E-state index < -0.39 is 14.8 Å². The summed E-state index contributed by atoms with van der Waals surface area (Å²) >= 11 is 0. The largest absolute Gasteiger partial charge is 0.392 e. The van der Waals surface area contributed by atoms with Crippen LogP contribution in [0.25, 0.3) is 0 Å². The van der Waals surface area contributed by atoms with Crippen LogP contribution < -0.4 is 4.72 Å². The summed E-state index contributed by atoms with van der Waals surface area (Å²) < 4.78 is 26.3. The molecule has 1 rings (SSSR count). The fourth-order valence-corrected chi connectivity index (χ4v) is 2.43. The quantitative estimate of drug-likeness (QED) is 0.821. The SMILES string of the molecule is Cc1cccc(NS(=O)(=O)C(C)(C)C)c1C/C=C/CO. The molecule has 0 fully saturated rings. The van der Waals surface area contributed by atoms with E-state index in [0.29, 0.717) is 12.1 Å². The lowest BCUT2D eigenvalue weighted by Crippen LogP contribution is -2.34. The van der Waals surface area contributed by atoms with E-state index in [1.54, 1.807) is 32.9 Å². The van der Waals surface area contributed by atoms with Crippen molar-refractivity contribution in [1.82, 2.24) is 0 Å². The first-order chi connectivity index (χ1) is 9.19. The van der Waals surface area contributed by atoms with E-state index in [4.69, 9.17) is 5.11 Å². The Bertz CT molecular complexity index is 584. The summed E-state index contributed by atoms with van der Waals surface area (Å²) in [6.07, 6.45) is 4.06. The number of sulfonamides is 1. The predicted octanol–water partition coefficient (Wildman–Crippen LogP) is 2.63. The van der Waals surface area contributed by atoms with Crippen LogP contribution in [0.15, 0.2) is 30.4 Å². The van der Waals surface area contributed by atoms with Crippen molar-refractivity contribution < 1.29 is 13.5 Å². The van der Waals surface area contributed by atoms with Crippen LogP contribution in [0, 0.1) is 6.92 Å². The van der Waals surface area contributed by atoms with Crippen LogP contribution in [-0.4, -0.2) is 24.9 Å². The number of aliphatic hydroxyl groups excluding tert-OH is 1. The third-order valence-electron chi connectivity index (χ3n) is 3.05. The molecule has 0 atom stereocenters. The van der Waals surface area contributed by atoms with Crippen molar-refractivity contribution in [2.75, 3.05) is 11.3 Å². The molecule has 0 saturated carbocycles. The molecular formula is C15H23NO3S. The number of benzene rings is 1. The van der Waals surface area contributed by atoms with Gasteiger partial charge >= 0.3 is 0 Å². The summed E-state index contributed by atoms with van der Waals surface area (Å²) in [6, 6.07) is 5.53.